The summed E-state index contributed by atoms with van der Waals surface area (Å²) in [4.78, 5) is 12.8. The van der Waals surface area contributed by atoms with E-state index in [1.807, 2.05) is 0 Å². The van der Waals surface area contributed by atoms with E-state index in [0.717, 1.165) is 0 Å². The molecular weight excluding hydrogens is 243 g/mol. The Morgan fingerprint density at radius 2 is 2.18 bits per heavy atom. The Kier molecular flexibility index (Phi) is 5.22. The van der Waals surface area contributed by atoms with Crippen molar-refractivity contribution in [2.75, 3.05) is 26.0 Å². The maximum atomic E-state index is 13.3. The fourth-order valence-corrected chi connectivity index (χ4v) is 1.49. The van der Waals surface area contributed by atoms with E-state index < -0.39 is 0 Å². The molecule has 17 heavy (non-hydrogen) atoms. The van der Waals surface area contributed by atoms with E-state index in [1.165, 1.54) is 18.2 Å². The molecule has 5 heteroatoms. The quantitative estimate of drug-likeness (QED) is 0.824. The van der Waals surface area contributed by atoms with Gasteiger partial charge in [-0.05, 0) is 24.6 Å². The molecule has 0 aliphatic rings. The van der Waals surface area contributed by atoms with Gasteiger partial charge in [0.25, 0.3) is 0 Å². The fraction of sp³-hybridized carbons (Fsp3) is 0.417. The van der Waals surface area contributed by atoms with Gasteiger partial charge in [0.2, 0.25) is 5.91 Å². The Morgan fingerprint density at radius 3 is 2.82 bits per heavy atom. The first kappa shape index (κ1) is 13.8. The van der Waals surface area contributed by atoms with Gasteiger partial charge in [0.15, 0.2) is 0 Å². The van der Waals surface area contributed by atoms with Crippen molar-refractivity contribution >= 4 is 23.2 Å². The molecule has 0 bridgehead atoms. The number of hydrogen-bond acceptors (Lipinski definition) is 2. The van der Waals surface area contributed by atoms with Gasteiger partial charge >= 0.3 is 0 Å². The number of carbonyl (C=O) groups is 1. The number of halogens is 2. The molecule has 0 heterocycles. The third-order valence-electron chi connectivity index (χ3n) is 2.31. The van der Waals surface area contributed by atoms with Gasteiger partial charge in [-0.2, -0.15) is 0 Å². The highest BCUT2D eigenvalue weighted by Gasteiger charge is 2.04. The van der Waals surface area contributed by atoms with Gasteiger partial charge in [0.1, 0.15) is 5.82 Å². The SMILES string of the molecule is CN(C)C(=O)CCCNc1cc(Cl)ccc1F. The van der Waals surface area contributed by atoms with Crippen LogP contribution in [0.2, 0.25) is 5.02 Å². The molecule has 1 amide bonds. The predicted octanol–water partition coefficient (Wildman–Crippen LogP) is 2.76. The van der Waals surface area contributed by atoms with Crippen molar-refractivity contribution in [2.24, 2.45) is 0 Å². The molecule has 0 unspecified atom stereocenters. The van der Waals surface area contributed by atoms with Gasteiger partial charge in [0, 0.05) is 32.1 Å². The number of hydrogen-bond donors (Lipinski definition) is 1. The van der Waals surface area contributed by atoms with Crippen LogP contribution < -0.4 is 5.32 Å². The minimum Gasteiger partial charge on any atom is -0.383 e. The molecule has 94 valence electrons. The maximum Gasteiger partial charge on any atom is 0.222 e. The molecule has 1 aromatic carbocycles. The highest BCUT2D eigenvalue weighted by atomic mass is 35.5. The first-order valence-corrected chi connectivity index (χ1v) is 5.77. The Labute approximate surface area is 106 Å². The minimum atomic E-state index is -0.340. The van der Waals surface area contributed by atoms with E-state index in [2.05, 4.69) is 5.32 Å². The van der Waals surface area contributed by atoms with Crippen molar-refractivity contribution in [3.05, 3.63) is 29.0 Å². The second kappa shape index (κ2) is 6.45. The van der Waals surface area contributed by atoms with Crippen molar-refractivity contribution in [3.8, 4) is 0 Å². The Morgan fingerprint density at radius 1 is 1.47 bits per heavy atom. The first-order chi connectivity index (χ1) is 8.00. The van der Waals surface area contributed by atoms with E-state index >= 15 is 0 Å². The third kappa shape index (κ3) is 4.61. The first-order valence-electron chi connectivity index (χ1n) is 5.40. The number of nitrogens with one attached hydrogen (secondary N) is 1. The van der Waals surface area contributed by atoms with E-state index in [-0.39, 0.29) is 11.7 Å². The molecule has 3 nitrogen and oxygen atoms in total. The van der Waals surface area contributed by atoms with Crippen LogP contribution in [0, 0.1) is 5.82 Å². The molecule has 0 fully saturated rings. The molecule has 0 radical (unpaired) electrons. The molecule has 0 saturated heterocycles. The summed E-state index contributed by atoms with van der Waals surface area (Å²) in [6.45, 7) is 0.539. The molecule has 1 aromatic rings. The summed E-state index contributed by atoms with van der Waals surface area (Å²) in [7, 11) is 3.43. The second-order valence-electron chi connectivity index (χ2n) is 3.94. The summed E-state index contributed by atoms with van der Waals surface area (Å²) in [5.74, 6) is -0.272. The topological polar surface area (TPSA) is 32.3 Å². The van der Waals surface area contributed by atoms with Gasteiger partial charge in [-0.25, -0.2) is 4.39 Å². The summed E-state index contributed by atoms with van der Waals surface area (Å²) in [5, 5.41) is 3.40. The second-order valence-corrected chi connectivity index (χ2v) is 4.38. The fourth-order valence-electron chi connectivity index (χ4n) is 1.32. The standard InChI is InChI=1S/C12H16ClFN2O/c1-16(2)12(17)4-3-7-15-11-8-9(13)5-6-10(11)14/h5-6,8,15H,3-4,7H2,1-2H3. The van der Waals surface area contributed by atoms with Gasteiger partial charge < -0.3 is 10.2 Å². The third-order valence-corrected chi connectivity index (χ3v) is 2.55. The lowest BCUT2D eigenvalue weighted by Crippen LogP contribution is -2.22. The zero-order valence-electron chi connectivity index (χ0n) is 9.96. The molecule has 0 spiro atoms. The molecule has 0 aliphatic carbocycles. The summed E-state index contributed by atoms with van der Waals surface area (Å²) in [6.07, 6.45) is 1.10. The van der Waals surface area contributed by atoms with Crippen LogP contribution >= 0.6 is 11.6 Å². The molecule has 1 rings (SSSR count). The van der Waals surface area contributed by atoms with Crippen LogP contribution in [0.4, 0.5) is 10.1 Å². The molecule has 0 saturated carbocycles. The largest absolute Gasteiger partial charge is 0.383 e. The van der Waals surface area contributed by atoms with E-state index in [4.69, 9.17) is 11.6 Å². The Bertz CT molecular complexity index is 396. The molecule has 1 N–H and O–H groups in total. The van der Waals surface area contributed by atoms with Crippen molar-refractivity contribution < 1.29 is 9.18 Å². The number of anilines is 1. The van der Waals surface area contributed by atoms with Crippen LogP contribution in [0.3, 0.4) is 0 Å². The van der Waals surface area contributed by atoms with E-state index in [0.29, 0.717) is 30.1 Å². The Hall–Kier alpha value is -1.29. The number of carbonyl (C=O) groups excluding carboxylic acids is 1. The minimum absolute atomic E-state index is 0.0679. The van der Waals surface area contributed by atoms with Crippen LogP contribution in [-0.2, 0) is 4.79 Å². The van der Waals surface area contributed by atoms with Gasteiger partial charge in [-0.3, -0.25) is 4.79 Å². The molecule has 0 aromatic heterocycles. The van der Waals surface area contributed by atoms with E-state index in [1.54, 1.807) is 19.0 Å². The highest BCUT2D eigenvalue weighted by molar-refractivity contribution is 6.30. The van der Waals surface area contributed by atoms with Crippen molar-refractivity contribution in [1.82, 2.24) is 4.90 Å². The summed E-state index contributed by atoms with van der Waals surface area (Å²) in [6, 6.07) is 4.35. The Balaban J connectivity index is 2.36. The van der Waals surface area contributed by atoms with Gasteiger partial charge in [-0.1, -0.05) is 11.6 Å². The lowest BCUT2D eigenvalue weighted by molar-refractivity contribution is -0.128. The summed E-state index contributed by atoms with van der Waals surface area (Å²) in [5.41, 5.74) is 0.370. The van der Waals surface area contributed by atoms with Gasteiger partial charge in [-0.15, -0.1) is 0 Å². The van der Waals surface area contributed by atoms with Crippen molar-refractivity contribution in [2.45, 2.75) is 12.8 Å². The average molecular weight is 259 g/mol. The van der Waals surface area contributed by atoms with Gasteiger partial charge in [0.05, 0.1) is 5.69 Å². The molecule has 0 atom stereocenters. The molecule has 0 aliphatic heterocycles. The summed E-state index contributed by atoms with van der Waals surface area (Å²) < 4.78 is 13.3. The predicted molar refractivity (Wildman–Crippen MR) is 67.8 cm³/mol. The highest BCUT2D eigenvalue weighted by Crippen LogP contribution is 2.19. The van der Waals surface area contributed by atoms with Crippen molar-refractivity contribution in [3.63, 3.8) is 0 Å². The van der Waals surface area contributed by atoms with Crippen LogP contribution in [-0.4, -0.2) is 31.4 Å². The van der Waals surface area contributed by atoms with Crippen LogP contribution in [0.25, 0.3) is 0 Å². The maximum absolute atomic E-state index is 13.3. The smallest absolute Gasteiger partial charge is 0.222 e. The lowest BCUT2D eigenvalue weighted by atomic mass is 10.2. The van der Waals surface area contributed by atoms with E-state index in [9.17, 15) is 9.18 Å². The number of benzene rings is 1. The number of nitrogens with zero attached hydrogens (tertiary/aromatic N) is 1. The van der Waals surface area contributed by atoms with Crippen LogP contribution in [0.5, 0.6) is 0 Å². The molecular formula is C12H16ClFN2O. The number of rotatable bonds is 5. The van der Waals surface area contributed by atoms with Crippen molar-refractivity contribution in [1.29, 1.82) is 0 Å². The average Bonchev–Trinajstić information content (AvgIpc) is 2.28. The lowest BCUT2D eigenvalue weighted by Gasteiger charge is -2.11. The monoisotopic (exact) mass is 258 g/mol. The summed E-state index contributed by atoms with van der Waals surface area (Å²) >= 11 is 5.75. The zero-order valence-corrected chi connectivity index (χ0v) is 10.7. The normalized spacial score (nSPS) is 10.1. The van der Waals surface area contributed by atoms with Crippen LogP contribution in [0.1, 0.15) is 12.8 Å². The van der Waals surface area contributed by atoms with Crippen LogP contribution in [0.15, 0.2) is 18.2 Å². The zero-order chi connectivity index (χ0) is 12.8. The number of amides is 1.